The van der Waals surface area contributed by atoms with E-state index in [1.807, 2.05) is 22.0 Å². The van der Waals surface area contributed by atoms with E-state index in [0.29, 0.717) is 56.7 Å². The molecule has 4 rings (SSSR count). The first-order chi connectivity index (χ1) is 19.2. The average molecular weight is 597 g/mol. The number of aromatic nitrogens is 3. The second-order valence-corrected chi connectivity index (χ2v) is 11.5. The number of nitrogens with one attached hydrogen (secondary N) is 1. The predicted molar refractivity (Wildman–Crippen MR) is 151 cm³/mol. The van der Waals surface area contributed by atoms with E-state index in [0.717, 1.165) is 48.1 Å². The molecule has 1 aromatic heterocycles. The van der Waals surface area contributed by atoms with Crippen molar-refractivity contribution in [3.63, 3.8) is 0 Å². The number of urea groups is 1. The first kappa shape index (κ1) is 30.3. The number of carbonyl (C=O) groups is 2. The lowest BCUT2D eigenvalue weighted by Crippen LogP contribution is -2.47. The van der Waals surface area contributed by atoms with Gasteiger partial charge >= 0.3 is 12.2 Å². The van der Waals surface area contributed by atoms with E-state index in [1.165, 1.54) is 41.7 Å². The SMILES string of the molecule is CSc1nnc(SC)n1CCNC(=O)N1CCC(C2CCN(C(=O)/C=C/c3cccc(C(F)(F)F)c3)CC2)CC1. The number of likely N-dealkylation sites (tertiary alicyclic amines) is 2. The number of benzene rings is 1. The van der Waals surface area contributed by atoms with Gasteiger partial charge in [0.05, 0.1) is 5.56 Å². The van der Waals surface area contributed by atoms with E-state index in [1.54, 1.807) is 11.0 Å². The van der Waals surface area contributed by atoms with Crippen LogP contribution in [-0.2, 0) is 17.5 Å². The summed E-state index contributed by atoms with van der Waals surface area (Å²) >= 11 is 3.06. The minimum Gasteiger partial charge on any atom is -0.339 e. The summed E-state index contributed by atoms with van der Waals surface area (Å²) in [6.45, 7) is 3.83. The van der Waals surface area contributed by atoms with E-state index in [2.05, 4.69) is 15.5 Å². The van der Waals surface area contributed by atoms with Crippen LogP contribution in [0.5, 0.6) is 0 Å². The van der Waals surface area contributed by atoms with Crippen molar-refractivity contribution in [3.05, 3.63) is 41.5 Å². The number of amides is 3. The molecule has 0 aliphatic carbocycles. The third-order valence-electron chi connectivity index (χ3n) is 7.64. The minimum atomic E-state index is -4.41. The number of thioether (sulfide) groups is 2. The average Bonchev–Trinajstić information content (AvgIpc) is 3.37. The van der Waals surface area contributed by atoms with E-state index in [9.17, 15) is 22.8 Å². The van der Waals surface area contributed by atoms with Gasteiger partial charge in [-0.25, -0.2) is 4.79 Å². The predicted octanol–water partition coefficient (Wildman–Crippen LogP) is 5.11. The van der Waals surface area contributed by atoms with Crippen molar-refractivity contribution in [1.29, 1.82) is 0 Å². The van der Waals surface area contributed by atoms with Gasteiger partial charge in [-0.05, 0) is 73.8 Å². The Morgan fingerprint density at radius 2 is 1.55 bits per heavy atom. The Labute approximate surface area is 241 Å². The van der Waals surface area contributed by atoms with Crippen LogP contribution in [0.15, 0.2) is 40.7 Å². The van der Waals surface area contributed by atoms with Crippen molar-refractivity contribution in [1.82, 2.24) is 29.9 Å². The van der Waals surface area contributed by atoms with Crippen LogP contribution in [0, 0.1) is 11.8 Å². The molecule has 2 saturated heterocycles. The summed E-state index contributed by atoms with van der Waals surface area (Å²) in [4.78, 5) is 29.0. The molecule has 0 unspecified atom stereocenters. The van der Waals surface area contributed by atoms with Gasteiger partial charge in [0.1, 0.15) is 0 Å². The van der Waals surface area contributed by atoms with Gasteiger partial charge in [0.25, 0.3) is 0 Å². The lowest BCUT2D eigenvalue weighted by Gasteiger charge is -2.40. The van der Waals surface area contributed by atoms with Gasteiger partial charge in [-0.3, -0.25) is 9.36 Å². The Kier molecular flexibility index (Phi) is 10.4. The number of alkyl halides is 3. The molecule has 3 heterocycles. The van der Waals surface area contributed by atoms with E-state index < -0.39 is 11.7 Å². The van der Waals surface area contributed by atoms with E-state index in [-0.39, 0.29) is 11.9 Å². The van der Waals surface area contributed by atoms with E-state index in [4.69, 9.17) is 0 Å². The molecule has 40 heavy (non-hydrogen) atoms. The molecule has 1 aromatic carbocycles. The van der Waals surface area contributed by atoms with Crippen LogP contribution >= 0.6 is 23.5 Å². The summed E-state index contributed by atoms with van der Waals surface area (Å²) in [6, 6.07) is 4.91. The van der Waals surface area contributed by atoms with Crippen LogP contribution in [0.3, 0.4) is 0 Å². The van der Waals surface area contributed by atoms with Crippen molar-refractivity contribution >= 4 is 41.5 Å². The number of halogens is 3. The van der Waals surface area contributed by atoms with Crippen molar-refractivity contribution < 1.29 is 22.8 Å². The molecule has 2 aliphatic rings. The minimum absolute atomic E-state index is 0.0455. The summed E-state index contributed by atoms with van der Waals surface area (Å²) in [7, 11) is 0. The quantitative estimate of drug-likeness (QED) is 0.337. The molecular formula is C27H35F3N6O2S2. The second kappa shape index (κ2) is 13.8. The van der Waals surface area contributed by atoms with Gasteiger partial charge in [-0.15, -0.1) is 10.2 Å². The highest BCUT2D eigenvalue weighted by molar-refractivity contribution is 7.99. The van der Waals surface area contributed by atoms with Gasteiger partial charge in [-0.2, -0.15) is 13.2 Å². The van der Waals surface area contributed by atoms with Gasteiger partial charge in [0.15, 0.2) is 10.3 Å². The Bertz CT molecular complexity index is 1170. The van der Waals surface area contributed by atoms with Crippen LogP contribution in [0.2, 0.25) is 0 Å². The second-order valence-electron chi connectivity index (χ2n) is 10.0. The molecule has 0 radical (unpaired) electrons. The topological polar surface area (TPSA) is 83.4 Å². The van der Waals surface area contributed by atoms with Gasteiger partial charge in [0, 0.05) is 45.3 Å². The molecule has 2 aliphatic heterocycles. The van der Waals surface area contributed by atoms with Crippen molar-refractivity contribution in [2.75, 3.05) is 45.2 Å². The lowest BCUT2D eigenvalue weighted by molar-refractivity contribution is -0.137. The number of hydrogen-bond donors (Lipinski definition) is 1. The molecule has 2 aromatic rings. The van der Waals surface area contributed by atoms with Crippen molar-refractivity contribution in [2.24, 2.45) is 11.8 Å². The summed E-state index contributed by atoms with van der Waals surface area (Å²) in [5.41, 5.74) is -0.380. The Morgan fingerprint density at radius 3 is 2.10 bits per heavy atom. The number of hydrogen-bond acceptors (Lipinski definition) is 6. The molecule has 2 fully saturated rings. The first-order valence-electron chi connectivity index (χ1n) is 13.4. The summed E-state index contributed by atoms with van der Waals surface area (Å²) in [5.74, 6) is 0.848. The number of rotatable bonds is 8. The number of nitrogens with zero attached hydrogens (tertiary/aromatic N) is 5. The van der Waals surface area contributed by atoms with Crippen LogP contribution in [0.4, 0.5) is 18.0 Å². The highest BCUT2D eigenvalue weighted by Gasteiger charge is 2.32. The monoisotopic (exact) mass is 596 g/mol. The van der Waals surface area contributed by atoms with Crippen LogP contribution < -0.4 is 5.32 Å². The fourth-order valence-corrected chi connectivity index (χ4v) is 6.51. The molecule has 0 bridgehead atoms. The molecule has 1 N–H and O–H groups in total. The van der Waals surface area contributed by atoms with Crippen molar-refractivity contribution in [2.45, 2.75) is 48.7 Å². The Morgan fingerprint density at radius 1 is 0.975 bits per heavy atom. The first-order valence-corrected chi connectivity index (χ1v) is 15.8. The molecule has 3 amide bonds. The maximum Gasteiger partial charge on any atom is 0.416 e. The zero-order valence-corrected chi connectivity index (χ0v) is 24.3. The molecular weight excluding hydrogens is 561 g/mol. The van der Waals surface area contributed by atoms with Crippen molar-refractivity contribution in [3.8, 4) is 0 Å². The summed E-state index contributed by atoms with van der Waals surface area (Å²) in [6.07, 6.45) is 5.99. The number of carbonyl (C=O) groups excluding carboxylic acids is 2. The van der Waals surface area contributed by atoms with Crippen LogP contribution in [0.1, 0.15) is 36.8 Å². The molecule has 0 atom stereocenters. The Hall–Kier alpha value is -2.67. The number of piperidine rings is 2. The highest BCUT2D eigenvalue weighted by atomic mass is 32.2. The third-order valence-corrected chi connectivity index (χ3v) is 8.97. The largest absolute Gasteiger partial charge is 0.416 e. The van der Waals surface area contributed by atoms with Gasteiger partial charge in [0.2, 0.25) is 5.91 Å². The molecule has 13 heteroatoms. The standard InChI is InChI=1S/C27H35F3N6O2S2/c1-39-25-32-33-26(40-2)36(25)17-12-31-24(38)35-15-10-21(11-16-35)20-8-13-34(14-9-20)23(37)7-6-19-4-3-5-22(18-19)27(28,29)30/h3-7,18,20-21H,8-17H2,1-2H3,(H,31,38)/b7-6+. The Balaban J connectivity index is 1.17. The maximum absolute atomic E-state index is 12.9. The molecule has 0 saturated carbocycles. The maximum atomic E-state index is 12.9. The highest BCUT2D eigenvalue weighted by Crippen LogP contribution is 2.33. The van der Waals surface area contributed by atoms with Gasteiger partial charge < -0.3 is 15.1 Å². The normalized spacial score (nSPS) is 17.5. The molecule has 8 nitrogen and oxygen atoms in total. The fourth-order valence-electron chi connectivity index (χ4n) is 5.41. The fraction of sp³-hybridized carbons (Fsp3) is 0.556. The lowest BCUT2D eigenvalue weighted by atomic mass is 9.79. The van der Waals surface area contributed by atoms with Crippen LogP contribution in [0.25, 0.3) is 6.08 Å². The summed E-state index contributed by atoms with van der Waals surface area (Å²) < 4.78 is 40.8. The van der Waals surface area contributed by atoms with E-state index >= 15 is 0 Å². The summed E-state index contributed by atoms with van der Waals surface area (Å²) in [5, 5.41) is 13.0. The molecule has 0 spiro atoms. The zero-order chi connectivity index (χ0) is 28.7. The van der Waals surface area contributed by atoms with Crippen LogP contribution in [-0.4, -0.2) is 81.7 Å². The third kappa shape index (κ3) is 7.74. The molecule has 218 valence electrons. The zero-order valence-electron chi connectivity index (χ0n) is 22.7. The smallest absolute Gasteiger partial charge is 0.339 e. The van der Waals surface area contributed by atoms with Gasteiger partial charge in [-0.1, -0.05) is 35.7 Å².